The Morgan fingerprint density at radius 3 is 2.44 bits per heavy atom. The van der Waals surface area contributed by atoms with E-state index in [1.807, 2.05) is 13.8 Å². The van der Waals surface area contributed by atoms with Crippen LogP contribution in [0.5, 0.6) is 0 Å². The minimum Gasteiger partial charge on any atom is -0.466 e. The molecule has 2 atom stereocenters. The van der Waals surface area contributed by atoms with Crippen molar-refractivity contribution in [3.05, 3.63) is 11.3 Å². The van der Waals surface area contributed by atoms with E-state index in [4.69, 9.17) is 9.47 Å². The van der Waals surface area contributed by atoms with Gasteiger partial charge in [0.15, 0.2) is 0 Å². The van der Waals surface area contributed by atoms with Crippen LogP contribution in [0, 0.1) is 5.92 Å². The number of ether oxygens (including phenoxy) is 2. The van der Waals surface area contributed by atoms with E-state index < -0.39 is 0 Å². The summed E-state index contributed by atoms with van der Waals surface area (Å²) >= 11 is 0. The van der Waals surface area contributed by atoms with Crippen LogP contribution in [0.2, 0.25) is 0 Å². The van der Waals surface area contributed by atoms with Crippen molar-refractivity contribution in [2.45, 2.75) is 40.2 Å². The maximum Gasteiger partial charge on any atom is 0.335 e. The van der Waals surface area contributed by atoms with Crippen LogP contribution in [-0.2, 0) is 19.1 Å². The lowest BCUT2D eigenvalue weighted by Gasteiger charge is -2.30. The number of nitrogens with one attached hydrogen (secondary N) is 1. The third kappa shape index (κ3) is 3.24. The quantitative estimate of drug-likeness (QED) is 0.769. The van der Waals surface area contributed by atoms with E-state index in [1.165, 1.54) is 0 Å². The van der Waals surface area contributed by atoms with Gasteiger partial charge in [0.05, 0.1) is 24.7 Å². The molecule has 0 saturated heterocycles. The van der Waals surface area contributed by atoms with Gasteiger partial charge in [0.25, 0.3) is 0 Å². The Hall–Kier alpha value is -1.52. The third-order valence-corrected chi connectivity index (χ3v) is 3.04. The molecule has 0 aromatic carbocycles. The molecule has 1 aliphatic heterocycles. The van der Waals surface area contributed by atoms with E-state index in [1.54, 1.807) is 13.8 Å². The maximum absolute atomic E-state index is 11.8. The van der Waals surface area contributed by atoms with Gasteiger partial charge in [-0.25, -0.2) is 4.79 Å². The number of rotatable bonds is 4. The van der Waals surface area contributed by atoms with E-state index in [2.05, 4.69) is 5.32 Å². The molecule has 2 unspecified atom stereocenters. The second kappa shape index (κ2) is 6.42. The molecule has 0 fully saturated rings. The topological polar surface area (TPSA) is 64.6 Å². The minimum absolute atomic E-state index is 0.0396. The molecule has 0 aromatic heterocycles. The molecule has 0 saturated carbocycles. The molecule has 1 aliphatic rings. The summed E-state index contributed by atoms with van der Waals surface area (Å²) in [6.45, 7) is 7.94. The molecule has 1 N–H and O–H groups in total. The zero-order valence-electron chi connectivity index (χ0n) is 11.4. The lowest BCUT2D eigenvalue weighted by atomic mass is 9.88. The van der Waals surface area contributed by atoms with Crippen molar-refractivity contribution in [1.29, 1.82) is 0 Å². The highest BCUT2D eigenvalue weighted by Gasteiger charge is 2.34. The van der Waals surface area contributed by atoms with Crippen molar-refractivity contribution >= 4 is 11.9 Å². The molecule has 0 bridgehead atoms. The third-order valence-electron chi connectivity index (χ3n) is 3.04. The van der Waals surface area contributed by atoms with Gasteiger partial charge in [0.1, 0.15) is 0 Å². The second-order valence-corrected chi connectivity index (χ2v) is 4.32. The summed E-state index contributed by atoms with van der Waals surface area (Å²) < 4.78 is 10.0. The van der Waals surface area contributed by atoms with Gasteiger partial charge in [-0.1, -0.05) is 0 Å². The molecule has 5 nitrogen and oxygen atoms in total. The van der Waals surface area contributed by atoms with E-state index in [0.29, 0.717) is 25.2 Å². The lowest BCUT2D eigenvalue weighted by Crippen LogP contribution is -2.43. The Morgan fingerprint density at radius 2 is 1.89 bits per heavy atom. The molecule has 0 radical (unpaired) electrons. The van der Waals surface area contributed by atoms with Crippen LogP contribution in [0.4, 0.5) is 0 Å². The minimum atomic E-state index is -0.358. The number of hydrogen-bond acceptors (Lipinski definition) is 5. The van der Waals surface area contributed by atoms with Crippen LogP contribution in [0.3, 0.4) is 0 Å². The van der Waals surface area contributed by atoms with Gasteiger partial charge >= 0.3 is 11.9 Å². The van der Waals surface area contributed by atoms with Crippen LogP contribution in [0.15, 0.2) is 11.3 Å². The van der Waals surface area contributed by atoms with Crippen LogP contribution < -0.4 is 5.32 Å². The maximum atomic E-state index is 11.8. The van der Waals surface area contributed by atoms with Crippen LogP contribution in [0.1, 0.15) is 34.1 Å². The van der Waals surface area contributed by atoms with Crippen molar-refractivity contribution in [3.8, 4) is 0 Å². The van der Waals surface area contributed by atoms with Crippen molar-refractivity contribution in [2.75, 3.05) is 13.2 Å². The summed E-state index contributed by atoms with van der Waals surface area (Å²) in [6.07, 6.45) is 0.373. The van der Waals surface area contributed by atoms with Crippen molar-refractivity contribution in [1.82, 2.24) is 5.32 Å². The van der Waals surface area contributed by atoms with Gasteiger partial charge in [-0.15, -0.1) is 0 Å². The number of carbonyl (C=O) groups is 2. The highest BCUT2D eigenvalue weighted by atomic mass is 16.5. The highest BCUT2D eigenvalue weighted by molar-refractivity contribution is 5.90. The summed E-state index contributed by atoms with van der Waals surface area (Å²) in [6, 6.07) is -0.0396. The Morgan fingerprint density at radius 1 is 1.28 bits per heavy atom. The molecule has 1 heterocycles. The number of carbonyl (C=O) groups excluding carboxylic acids is 2. The summed E-state index contributed by atoms with van der Waals surface area (Å²) in [5.41, 5.74) is 1.31. The first kappa shape index (κ1) is 14.5. The molecule has 102 valence electrons. The highest BCUT2D eigenvalue weighted by Crippen LogP contribution is 2.26. The normalized spacial score (nSPS) is 23.3. The number of hydrogen-bond donors (Lipinski definition) is 1. The van der Waals surface area contributed by atoms with Crippen molar-refractivity contribution < 1.29 is 19.1 Å². The second-order valence-electron chi connectivity index (χ2n) is 4.32. The van der Waals surface area contributed by atoms with Crippen LogP contribution in [-0.4, -0.2) is 31.2 Å². The van der Waals surface area contributed by atoms with Gasteiger partial charge in [-0.05, 0) is 34.1 Å². The molecule has 0 aliphatic carbocycles. The largest absolute Gasteiger partial charge is 0.466 e. The van der Waals surface area contributed by atoms with Gasteiger partial charge < -0.3 is 14.8 Å². The Balaban J connectivity index is 2.83. The van der Waals surface area contributed by atoms with Gasteiger partial charge in [0, 0.05) is 11.7 Å². The number of allylic oxidation sites excluding steroid dienone is 1. The smallest absolute Gasteiger partial charge is 0.335 e. The first-order valence-corrected chi connectivity index (χ1v) is 6.31. The first-order chi connectivity index (χ1) is 8.51. The zero-order chi connectivity index (χ0) is 13.7. The molecular formula is C13H21NO4. The summed E-state index contributed by atoms with van der Waals surface area (Å²) in [4.78, 5) is 23.6. The predicted octanol–water partition coefficient (Wildman–Crippen LogP) is 1.38. The monoisotopic (exact) mass is 255 g/mol. The molecule has 0 spiro atoms. The predicted molar refractivity (Wildman–Crippen MR) is 66.7 cm³/mol. The molecule has 0 aromatic rings. The fraction of sp³-hybridized carbons (Fsp3) is 0.692. The summed E-state index contributed by atoms with van der Waals surface area (Å²) in [5, 5.41) is 3.14. The Bertz CT molecular complexity index is 362. The molecule has 18 heavy (non-hydrogen) atoms. The fourth-order valence-corrected chi connectivity index (χ4v) is 2.07. The van der Waals surface area contributed by atoms with E-state index >= 15 is 0 Å². The van der Waals surface area contributed by atoms with E-state index in [0.717, 1.165) is 5.70 Å². The van der Waals surface area contributed by atoms with Crippen molar-refractivity contribution in [3.63, 3.8) is 0 Å². The van der Waals surface area contributed by atoms with Gasteiger partial charge in [-0.3, -0.25) is 4.79 Å². The molecule has 5 heteroatoms. The summed E-state index contributed by atoms with van der Waals surface area (Å²) in [7, 11) is 0. The lowest BCUT2D eigenvalue weighted by molar-refractivity contribution is -0.149. The van der Waals surface area contributed by atoms with Gasteiger partial charge in [-0.2, -0.15) is 0 Å². The van der Waals surface area contributed by atoms with Gasteiger partial charge in [0.2, 0.25) is 0 Å². The standard InChI is InChI=1S/C13H21NO4/c1-5-17-12(15)10-7-11(13(16)18-6-2)9(4)14-8(10)3/h8,10,14H,5-7H2,1-4H3. The number of esters is 2. The van der Waals surface area contributed by atoms with Crippen molar-refractivity contribution in [2.24, 2.45) is 5.92 Å². The Kier molecular flexibility index (Phi) is 5.19. The van der Waals surface area contributed by atoms with E-state index in [-0.39, 0.29) is 23.9 Å². The SMILES string of the molecule is CCOC(=O)C1=C(C)NC(C)C(C(=O)OCC)C1. The fourth-order valence-electron chi connectivity index (χ4n) is 2.07. The summed E-state index contributed by atoms with van der Waals surface area (Å²) in [5.74, 6) is -0.969. The molecular weight excluding hydrogens is 234 g/mol. The van der Waals surface area contributed by atoms with E-state index in [9.17, 15) is 9.59 Å². The van der Waals surface area contributed by atoms with Crippen LogP contribution >= 0.6 is 0 Å². The molecule has 1 rings (SSSR count). The first-order valence-electron chi connectivity index (χ1n) is 6.31. The zero-order valence-corrected chi connectivity index (χ0v) is 11.4. The average molecular weight is 255 g/mol. The average Bonchev–Trinajstić information content (AvgIpc) is 2.29. The Labute approximate surface area is 108 Å². The molecule has 0 amide bonds. The van der Waals surface area contributed by atoms with Crippen LogP contribution in [0.25, 0.3) is 0 Å².